The van der Waals surface area contributed by atoms with E-state index in [1.807, 2.05) is 49.1 Å². The Balaban J connectivity index is 0.00000192. The van der Waals surface area contributed by atoms with Crippen molar-refractivity contribution in [3.63, 3.8) is 0 Å². The van der Waals surface area contributed by atoms with Crippen molar-refractivity contribution in [3.05, 3.63) is 52.3 Å². The van der Waals surface area contributed by atoms with Gasteiger partial charge in [-0.05, 0) is 50.6 Å². The highest BCUT2D eigenvalue weighted by Crippen LogP contribution is 2.24. The van der Waals surface area contributed by atoms with Crippen LogP contribution < -0.4 is 5.73 Å². The van der Waals surface area contributed by atoms with Gasteiger partial charge in [0, 0.05) is 41.2 Å². The molecule has 2 heterocycles. The van der Waals surface area contributed by atoms with Gasteiger partial charge in [0.1, 0.15) is 0 Å². The van der Waals surface area contributed by atoms with E-state index in [-0.39, 0.29) is 24.4 Å². The number of likely N-dealkylation sites (tertiary alicyclic amines) is 1. The van der Waals surface area contributed by atoms with E-state index in [1.165, 1.54) is 0 Å². The summed E-state index contributed by atoms with van der Waals surface area (Å²) in [5.74, 6) is 0.0706. The van der Waals surface area contributed by atoms with Gasteiger partial charge in [0.15, 0.2) is 0 Å². The molecule has 0 aliphatic carbocycles. The first-order valence-electron chi connectivity index (χ1n) is 7.47. The van der Waals surface area contributed by atoms with Crippen molar-refractivity contribution in [2.24, 2.45) is 5.73 Å². The number of nitrogens with two attached hydrogens (primary N) is 1. The predicted molar refractivity (Wildman–Crippen MR) is 96.0 cm³/mol. The maximum Gasteiger partial charge on any atom is 0.255 e. The Hall–Kier alpha value is -1.49. The fraction of sp³-hybridized carbons (Fsp3) is 0.353. The number of rotatable bonds is 2. The Kier molecular flexibility index (Phi) is 5.40. The molecule has 1 fully saturated rings. The number of carbonyl (C=O) groups is 1. The summed E-state index contributed by atoms with van der Waals surface area (Å²) in [5, 5.41) is 0.702. The Morgan fingerprint density at radius 1 is 1.26 bits per heavy atom. The lowest BCUT2D eigenvalue weighted by Crippen LogP contribution is -2.32. The third kappa shape index (κ3) is 3.39. The second kappa shape index (κ2) is 6.95. The summed E-state index contributed by atoms with van der Waals surface area (Å²) in [6.07, 6.45) is 0.877. The van der Waals surface area contributed by atoms with Gasteiger partial charge in [0.25, 0.3) is 5.91 Å². The van der Waals surface area contributed by atoms with Crippen molar-refractivity contribution in [2.45, 2.75) is 26.3 Å². The van der Waals surface area contributed by atoms with Crippen molar-refractivity contribution >= 4 is 29.9 Å². The molecule has 0 saturated carbocycles. The second-order valence-corrected chi connectivity index (χ2v) is 6.33. The van der Waals surface area contributed by atoms with Gasteiger partial charge in [-0.2, -0.15) is 0 Å². The van der Waals surface area contributed by atoms with Gasteiger partial charge in [0.2, 0.25) is 0 Å². The summed E-state index contributed by atoms with van der Waals surface area (Å²) in [7, 11) is 0. The highest BCUT2D eigenvalue weighted by molar-refractivity contribution is 6.30. The number of carbonyl (C=O) groups excluding carboxylic acids is 1. The van der Waals surface area contributed by atoms with Gasteiger partial charge in [-0.3, -0.25) is 4.79 Å². The zero-order valence-corrected chi connectivity index (χ0v) is 14.8. The molecule has 0 spiro atoms. The lowest BCUT2D eigenvalue weighted by atomic mass is 10.2. The molecule has 1 saturated heterocycles. The van der Waals surface area contributed by atoms with E-state index in [0.717, 1.165) is 35.6 Å². The van der Waals surface area contributed by atoms with Crippen molar-refractivity contribution in [1.82, 2.24) is 9.47 Å². The molecule has 0 unspecified atom stereocenters. The lowest BCUT2D eigenvalue weighted by molar-refractivity contribution is 0.0790. The van der Waals surface area contributed by atoms with Crippen molar-refractivity contribution in [1.29, 1.82) is 0 Å². The molecular formula is C17H21Cl2N3O. The van der Waals surface area contributed by atoms with Gasteiger partial charge in [-0.15, -0.1) is 12.4 Å². The van der Waals surface area contributed by atoms with E-state index in [0.29, 0.717) is 11.6 Å². The van der Waals surface area contributed by atoms with Gasteiger partial charge in [-0.1, -0.05) is 11.6 Å². The zero-order chi connectivity index (χ0) is 15.9. The van der Waals surface area contributed by atoms with Crippen LogP contribution in [0.1, 0.15) is 28.2 Å². The number of benzene rings is 1. The van der Waals surface area contributed by atoms with Gasteiger partial charge >= 0.3 is 0 Å². The normalized spacial score (nSPS) is 17.2. The highest BCUT2D eigenvalue weighted by Gasteiger charge is 2.27. The Morgan fingerprint density at radius 3 is 2.48 bits per heavy atom. The fourth-order valence-corrected chi connectivity index (χ4v) is 3.23. The topological polar surface area (TPSA) is 51.3 Å². The molecule has 3 rings (SSSR count). The molecule has 1 amide bonds. The van der Waals surface area contributed by atoms with Crippen LogP contribution in [-0.2, 0) is 0 Å². The summed E-state index contributed by atoms with van der Waals surface area (Å²) < 4.78 is 2.08. The van der Waals surface area contributed by atoms with Crippen LogP contribution in [0.25, 0.3) is 5.69 Å². The standard InChI is InChI=1S/C17H20ClN3O.ClH/c1-11-9-16(17(22)20-8-7-14(19)10-20)12(2)21(11)15-5-3-13(18)4-6-15;/h3-6,9,14H,7-8,10,19H2,1-2H3;1H/t14-;/m1./s1. The van der Waals surface area contributed by atoms with Gasteiger partial charge in [-0.25, -0.2) is 0 Å². The smallest absolute Gasteiger partial charge is 0.255 e. The van der Waals surface area contributed by atoms with E-state index >= 15 is 0 Å². The molecule has 2 aromatic rings. The third-order valence-corrected chi connectivity index (χ3v) is 4.51. The summed E-state index contributed by atoms with van der Waals surface area (Å²) in [6.45, 7) is 5.37. The summed E-state index contributed by atoms with van der Waals surface area (Å²) in [5.41, 5.74) is 9.65. The number of hydrogen-bond acceptors (Lipinski definition) is 2. The van der Waals surface area contributed by atoms with Crippen LogP contribution in [-0.4, -0.2) is 34.5 Å². The molecule has 1 aliphatic rings. The first-order chi connectivity index (χ1) is 10.5. The SMILES string of the molecule is Cc1cc(C(=O)N2CC[C@@H](N)C2)c(C)n1-c1ccc(Cl)cc1.Cl. The van der Waals surface area contributed by atoms with Crippen LogP contribution in [0.2, 0.25) is 5.02 Å². The molecular weight excluding hydrogens is 333 g/mol. The molecule has 0 bridgehead atoms. The largest absolute Gasteiger partial charge is 0.337 e. The van der Waals surface area contributed by atoms with E-state index in [9.17, 15) is 4.79 Å². The monoisotopic (exact) mass is 353 g/mol. The van der Waals surface area contributed by atoms with Crippen molar-refractivity contribution in [3.8, 4) is 5.69 Å². The van der Waals surface area contributed by atoms with E-state index in [2.05, 4.69) is 4.57 Å². The molecule has 1 atom stereocenters. The van der Waals surface area contributed by atoms with Gasteiger partial charge in [0.05, 0.1) is 5.56 Å². The maximum atomic E-state index is 12.7. The summed E-state index contributed by atoms with van der Waals surface area (Å²) in [4.78, 5) is 14.5. The summed E-state index contributed by atoms with van der Waals surface area (Å²) >= 11 is 5.95. The quantitative estimate of drug-likeness (QED) is 0.899. The molecule has 1 aromatic heterocycles. The average molecular weight is 354 g/mol. The van der Waals surface area contributed by atoms with Gasteiger partial charge < -0.3 is 15.2 Å². The first kappa shape index (κ1) is 17.9. The average Bonchev–Trinajstić information content (AvgIpc) is 3.04. The number of nitrogens with zero attached hydrogens (tertiary/aromatic N) is 2. The Labute approximate surface area is 147 Å². The number of amides is 1. The van der Waals surface area contributed by atoms with Crippen molar-refractivity contribution < 1.29 is 4.79 Å². The minimum atomic E-state index is 0. The molecule has 2 N–H and O–H groups in total. The molecule has 23 heavy (non-hydrogen) atoms. The molecule has 124 valence electrons. The van der Waals surface area contributed by atoms with Crippen LogP contribution in [0.5, 0.6) is 0 Å². The Morgan fingerprint density at radius 2 is 1.91 bits per heavy atom. The lowest BCUT2D eigenvalue weighted by Gasteiger charge is -2.16. The minimum Gasteiger partial charge on any atom is -0.337 e. The number of aryl methyl sites for hydroxylation is 1. The minimum absolute atomic E-state index is 0. The van der Waals surface area contributed by atoms with E-state index < -0.39 is 0 Å². The number of aromatic nitrogens is 1. The molecule has 6 heteroatoms. The molecule has 1 aromatic carbocycles. The Bertz CT molecular complexity index is 709. The summed E-state index contributed by atoms with van der Waals surface area (Å²) in [6, 6.07) is 9.69. The van der Waals surface area contributed by atoms with Crippen LogP contribution in [0.4, 0.5) is 0 Å². The molecule has 1 aliphatic heterocycles. The zero-order valence-electron chi connectivity index (χ0n) is 13.3. The third-order valence-electron chi connectivity index (χ3n) is 4.26. The van der Waals surface area contributed by atoms with Crippen molar-refractivity contribution in [2.75, 3.05) is 13.1 Å². The van der Waals surface area contributed by atoms with Crippen LogP contribution >= 0.6 is 24.0 Å². The molecule has 4 nitrogen and oxygen atoms in total. The first-order valence-corrected chi connectivity index (χ1v) is 7.85. The maximum absolute atomic E-state index is 12.7. The fourth-order valence-electron chi connectivity index (χ4n) is 3.11. The van der Waals surface area contributed by atoms with Crippen LogP contribution in [0.3, 0.4) is 0 Å². The molecule has 0 radical (unpaired) electrons. The number of halogens is 2. The van der Waals surface area contributed by atoms with E-state index in [4.69, 9.17) is 17.3 Å². The van der Waals surface area contributed by atoms with E-state index in [1.54, 1.807) is 0 Å². The second-order valence-electron chi connectivity index (χ2n) is 5.90. The van der Waals surface area contributed by atoms with Crippen LogP contribution in [0.15, 0.2) is 30.3 Å². The van der Waals surface area contributed by atoms with Crippen LogP contribution in [0, 0.1) is 13.8 Å². The highest BCUT2D eigenvalue weighted by atomic mass is 35.5. The predicted octanol–water partition coefficient (Wildman–Crippen LogP) is 3.34. The number of hydrogen-bond donors (Lipinski definition) is 1.